The smallest absolute Gasteiger partial charge is 0.259 e. The van der Waals surface area contributed by atoms with Crippen LogP contribution in [0.5, 0.6) is 0 Å². The van der Waals surface area contributed by atoms with Crippen molar-refractivity contribution in [3.63, 3.8) is 0 Å². The molecule has 1 saturated heterocycles. The summed E-state index contributed by atoms with van der Waals surface area (Å²) in [5, 5.41) is 7.07. The summed E-state index contributed by atoms with van der Waals surface area (Å²) in [4.78, 5) is 27.3. The number of likely N-dealkylation sites (tertiary alicyclic amines) is 1. The molecule has 6 nitrogen and oxygen atoms in total. The minimum atomic E-state index is -0.0464. The molecule has 0 unspecified atom stereocenters. The van der Waals surface area contributed by atoms with Crippen LogP contribution in [0.1, 0.15) is 70.3 Å². The van der Waals surface area contributed by atoms with E-state index in [4.69, 9.17) is 4.52 Å². The lowest BCUT2D eigenvalue weighted by molar-refractivity contribution is 0.0694. The van der Waals surface area contributed by atoms with Gasteiger partial charge in [0.05, 0.1) is 5.69 Å². The van der Waals surface area contributed by atoms with Gasteiger partial charge in [0, 0.05) is 30.6 Å². The fraction of sp³-hybridized carbons (Fsp3) is 0.476. The second-order valence-corrected chi connectivity index (χ2v) is 7.52. The van der Waals surface area contributed by atoms with E-state index in [0.29, 0.717) is 35.7 Å². The van der Waals surface area contributed by atoms with Crippen molar-refractivity contribution in [1.82, 2.24) is 15.4 Å². The molecule has 144 valence electrons. The molecule has 0 spiro atoms. The van der Waals surface area contributed by atoms with E-state index in [0.717, 1.165) is 18.4 Å². The minimum Gasteiger partial charge on any atom is -0.360 e. The van der Waals surface area contributed by atoms with Crippen molar-refractivity contribution in [2.45, 2.75) is 52.5 Å². The lowest BCUT2D eigenvalue weighted by atomic mass is 10.00. The fourth-order valence-electron chi connectivity index (χ4n) is 3.52. The van der Waals surface area contributed by atoms with Crippen molar-refractivity contribution in [3.05, 3.63) is 52.4 Å². The van der Waals surface area contributed by atoms with Crippen LogP contribution in [0.2, 0.25) is 0 Å². The number of rotatable bonds is 4. The molecule has 6 heteroatoms. The molecule has 1 N–H and O–H groups in total. The molecule has 1 aliphatic rings. The van der Waals surface area contributed by atoms with Crippen LogP contribution >= 0.6 is 0 Å². The van der Waals surface area contributed by atoms with E-state index >= 15 is 0 Å². The Labute approximate surface area is 159 Å². The maximum absolute atomic E-state index is 12.9. The van der Waals surface area contributed by atoms with E-state index in [2.05, 4.69) is 10.5 Å². The van der Waals surface area contributed by atoms with Crippen molar-refractivity contribution in [2.75, 3.05) is 13.1 Å². The summed E-state index contributed by atoms with van der Waals surface area (Å²) in [6.07, 6.45) is 1.48. The van der Waals surface area contributed by atoms with E-state index in [9.17, 15) is 9.59 Å². The highest BCUT2D eigenvalue weighted by molar-refractivity contribution is 5.97. The third-order valence-corrected chi connectivity index (χ3v) is 5.13. The Balaban J connectivity index is 1.61. The number of carbonyl (C=O) groups is 2. The normalized spacial score (nSPS) is 15.2. The average Bonchev–Trinajstić information content (AvgIpc) is 3.04. The zero-order chi connectivity index (χ0) is 19.6. The quantitative estimate of drug-likeness (QED) is 0.896. The number of hydrogen-bond donors (Lipinski definition) is 1. The van der Waals surface area contributed by atoms with Gasteiger partial charge in [-0.25, -0.2) is 0 Å². The molecule has 0 saturated carbocycles. The molecule has 1 aromatic heterocycles. The standard InChI is InChI=1S/C21H27N3O3/c1-13(2)19-18(15(4)23-27-19)21(26)24-11-9-16(10-12-24)22-20(25)17-8-6-5-7-14(17)3/h5-8,13,16H,9-12H2,1-4H3,(H,22,25). The first-order valence-corrected chi connectivity index (χ1v) is 9.50. The maximum Gasteiger partial charge on any atom is 0.259 e. The van der Waals surface area contributed by atoms with Gasteiger partial charge in [-0.2, -0.15) is 0 Å². The topological polar surface area (TPSA) is 75.4 Å². The van der Waals surface area contributed by atoms with Crippen LogP contribution < -0.4 is 5.32 Å². The van der Waals surface area contributed by atoms with Gasteiger partial charge in [-0.15, -0.1) is 0 Å². The first-order chi connectivity index (χ1) is 12.9. The van der Waals surface area contributed by atoms with Gasteiger partial charge in [-0.05, 0) is 38.3 Å². The summed E-state index contributed by atoms with van der Waals surface area (Å²) < 4.78 is 5.35. The minimum absolute atomic E-state index is 0.0267. The molecule has 0 atom stereocenters. The van der Waals surface area contributed by atoms with Crippen LogP contribution in [0.3, 0.4) is 0 Å². The number of amides is 2. The summed E-state index contributed by atoms with van der Waals surface area (Å²) >= 11 is 0. The largest absolute Gasteiger partial charge is 0.360 e. The summed E-state index contributed by atoms with van der Waals surface area (Å²) in [6, 6.07) is 7.65. The van der Waals surface area contributed by atoms with E-state index in [1.54, 1.807) is 6.92 Å². The van der Waals surface area contributed by atoms with E-state index in [1.807, 2.05) is 49.9 Å². The van der Waals surface area contributed by atoms with Gasteiger partial charge in [-0.3, -0.25) is 9.59 Å². The molecule has 27 heavy (non-hydrogen) atoms. The SMILES string of the molecule is Cc1ccccc1C(=O)NC1CCN(C(=O)c2c(C)noc2C(C)C)CC1. The Morgan fingerprint density at radius 2 is 1.85 bits per heavy atom. The highest BCUT2D eigenvalue weighted by Gasteiger charge is 2.30. The predicted molar refractivity (Wildman–Crippen MR) is 103 cm³/mol. The summed E-state index contributed by atoms with van der Waals surface area (Å²) in [6.45, 7) is 8.94. The third-order valence-electron chi connectivity index (χ3n) is 5.13. The summed E-state index contributed by atoms with van der Waals surface area (Å²) in [5.74, 6) is 0.680. The molecule has 3 rings (SSSR count). The zero-order valence-electron chi connectivity index (χ0n) is 16.4. The second-order valence-electron chi connectivity index (χ2n) is 7.52. The monoisotopic (exact) mass is 369 g/mol. The average molecular weight is 369 g/mol. The lowest BCUT2D eigenvalue weighted by Gasteiger charge is -2.32. The lowest BCUT2D eigenvalue weighted by Crippen LogP contribution is -2.46. The number of aromatic nitrogens is 1. The highest BCUT2D eigenvalue weighted by Crippen LogP contribution is 2.25. The van der Waals surface area contributed by atoms with Crippen molar-refractivity contribution in [2.24, 2.45) is 0 Å². The molecule has 2 heterocycles. The molecule has 0 bridgehead atoms. The van der Waals surface area contributed by atoms with Gasteiger partial charge in [0.25, 0.3) is 11.8 Å². The molecular formula is C21H27N3O3. The first kappa shape index (κ1) is 19.1. The Morgan fingerprint density at radius 1 is 1.19 bits per heavy atom. The van der Waals surface area contributed by atoms with Crippen molar-refractivity contribution in [1.29, 1.82) is 0 Å². The van der Waals surface area contributed by atoms with Crippen molar-refractivity contribution >= 4 is 11.8 Å². The van der Waals surface area contributed by atoms with E-state index in [-0.39, 0.29) is 23.8 Å². The summed E-state index contributed by atoms with van der Waals surface area (Å²) in [7, 11) is 0. The Kier molecular flexibility index (Phi) is 5.63. The van der Waals surface area contributed by atoms with Gasteiger partial charge in [0.2, 0.25) is 0 Å². The fourth-order valence-corrected chi connectivity index (χ4v) is 3.52. The first-order valence-electron chi connectivity index (χ1n) is 9.50. The van der Waals surface area contributed by atoms with Crippen LogP contribution in [-0.4, -0.2) is 41.0 Å². The van der Waals surface area contributed by atoms with Gasteiger partial charge in [-0.1, -0.05) is 37.2 Å². The van der Waals surface area contributed by atoms with Gasteiger partial charge < -0.3 is 14.7 Å². The molecular weight excluding hydrogens is 342 g/mol. The highest BCUT2D eigenvalue weighted by atomic mass is 16.5. The second kappa shape index (κ2) is 7.94. The number of aryl methyl sites for hydroxylation is 2. The molecule has 0 radical (unpaired) electrons. The summed E-state index contributed by atoms with van der Waals surface area (Å²) in [5.41, 5.74) is 2.90. The van der Waals surface area contributed by atoms with Gasteiger partial charge in [0.15, 0.2) is 5.76 Å². The van der Waals surface area contributed by atoms with Crippen LogP contribution in [0.25, 0.3) is 0 Å². The Morgan fingerprint density at radius 3 is 2.48 bits per heavy atom. The molecule has 2 aromatic rings. The Hall–Kier alpha value is -2.63. The van der Waals surface area contributed by atoms with E-state index < -0.39 is 0 Å². The van der Waals surface area contributed by atoms with Crippen LogP contribution in [0.15, 0.2) is 28.8 Å². The molecule has 0 aliphatic carbocycles. The van der Waals surface area contributed by atoms with Crippen LogP contribution in [0.4, 0.5) is 0 Å². The zero-order valence-corrected chi connectivity index (χ0v) is 16.4. The van der Waals surface area contributed by atoms with E-state index in [1.165, 1.54) is 0 Å². The van der Waals surface area contributed by atoms with Crippen LogP contribution in [0, 0.1) is 13.8 Å². The molecule has 1 fully saturated rings. The molecule has 1 aliphatic heterocycles. The maximum atomic E-state index is 12.9. The molecule has 2 amide bonds. The number of nitrogens with one attached hydrogen (secondary N) is 1. The number of hydrogen-bond acceptors (Lipinski definition) is 4. The van der Waals surface area contributed by atoms with Crippen molar-refractivity contribution < 1.29 is 14.1 Å². The number of carbonyl (C=O) groups excluding carboxylic acids is 2. The number of nitrogens with zero attached hydrogens (tertiary/aromatic N) is 2. The third kappa shape index (κ3) is 4.04. The van der Waals surface area contributed by atoms with Gasteiger partial charge >= 0.3 is 0 Å². The van der Waals surface area contributed by atoms with Crippen LogP contribution in [-0.2, 0) is 0 Å². The van der Waals surface area contributed by atoms with Crippen molar-refractivity contribution in [3.8, 4) is 0 Å². The number of benzene rings is 1. The predicted octanol–water partition coefficient (Wildman–Crippen LogP) is 3.45. The molecule has 1 aromatic carbocycles. The Bertz CT molecular complexity index is 833. The van der Waals surface area contributed by atoms with Gasteiger partial charge in [0.1, 0.15) is 5.56 Å². The number of piperidine rings is 1.